The Morgan fingerprint density at radius 3 is 2.82 bits per heavy atom. The van der Waals surface area contributed by atoms with E-state index in [1.54, 1.807) is 0 Å². The lowest BCUT2D eigenvalue weighted by Gasteiger charge is -2.26. The van der Waals surface area contributed by atoms with Crippen molar-refractivity contribution >= 4 is 6.09 Å². The Hall–Kier alpha value is -2.29. The van der Waals surface area contributed by atoms with Crippen molar-refractivity contribution < 1.29 is 9.90 Å². The van der Waals surface area contributed by atoms with Crippen LogP contribution in [0.5, 0.6) is 0 Å². The van der Waals surface area contributed by atoms with Crippen molar-refractivity contribution in [2.45, 2.75) is 38.6 Å². The number of hydrogen-bond acceptors (Lipinski definition) is 1. The summed E-state index contributed by atoms with van der Waals surface area (Å²) in [6.07, 6.45) is 3.01. The van der Waals surface area contributed by atoms with Gasteiger partial charge in [0.25, 0.3) is 0 Å². The van der Waals surface area contributed by atoms with E-state index in [-0.39, 0.29) is 6.04 Å². The molecule has 0 saturated carbocycles. The Morgan fingerprint density at radius 2 is 2.05 bits per heavy atom. The third-order valence-corrected chi connectivity index (χ3v) is 4.42. The highest BCUT2D eigenvalue weighted by Crippen LogP contribution is 2.33. The smallest absolute Gasteiger partial charge is 0.405 e. The standard InChI is InChI=1S/C19H21NO2/c1-2-13-5-3-6-14(11-13)15-9-10-17-16(12-15)7-4-8-18(17)20-19(21)22/h3,5-6,9-12,18,20H,2,4,7-8H2,1H3,(H,21,22). The Bertz CT molecular complexity index is 694. The molecule has 3 rings (SSSR count). The maximum Gasteiger partial charge on any atom is 0.405 e. The summed E-state index contributed by atoms with van der Waals surface area (Å²) in [5, 5.41) is 11.6. The molecule has 2 aromatic rings. The molecule has 0 fully saturated rings. The summed E-state index contributed by atoms with van der Waals surface area (Å²) in [5.74, 6) is 0. The summed E-state index contributed by atoms with van der Waals surface area (Å²) in [4.78, 5) is 10.9. The normalized spacial score (nSPS) is 16.9. The molecule has 2 aromatic carbocycles. The van der Waals surface area contributed by atoms with E-state index in [1.807, 2.05) is 0 Å². The number of fused-ring (bicyclic) bond motifs is 1. The van der Waals surface area contributed by atoms with E-state index in [0.717, 1.165) is 31.2 Å². The van der Waals surface area contributed by atoms with Gasteiger partial charge in [-0.1, -0.05) is 49.4 Å². The fourth-order valence-electron chi connectivity index (χ4n) is 3.26. The molecule has 0 spiro atoms. The van der Waals surface area contributed by atoms with Gasteiger partial charge in [0.1, 0.15) is 0 Å². The van der Waals surface area contributed by atoms with Crippen molar-refractivity contribution in [3.63, 3.8) is 0 Å². The number of rotatable bonds is 3. The van der Waals surface area contributed by atoms with E-state index in [2.05, 4.69) is 54.7 Å². The minimum Gasteiger partial charge on any atom is -0.465 e. The summed E-state index contributed by atoms with van der Waals surface area (Å²) in [5.41, 5.74) is 6.18. The van der Waals surface area contributed by atoms with E-state index in [4.69, 9.17) is 5.11 Å². The SMILES string of the molecule is CCc1cccc(-c2ccc3c(c2)CCCC3NC(=O)O)c1. The highest BCUT2D eigenvalue weighted by molar-refractivity contribution is 5.68. The lowest BCUT2D eigenvalue weighted by atomic mass is 9.85. The van der Waals surface area contributed by atoms with Crippen molar-refractivity contribution in [2.24, 2.45) is 0 Å². The second-order valence-electron chi connectivity index (χ2n) is 5.86. The average molecular weight is 295 g/mol. The van der Waals surface area contributed by atoms with Gasteiger partial charge in [-0.25, -0.2) is 4.79 Å². The number of carbonyl (C=O) groups is 1. The number of amides is 1. The first-order chi connectivity index (χ1) is 10.7. The number of nitrogens with one attached hydrogen (secondary N) is 1. The molecule has 0 saturated heterocycles. The van der Waals surface area contributed by atoms with Crippen LogP contribution in [0.1, 0.15) is 42.5 Å². The number of benzene rings is 2. The van der Waals surface area contributed by atoms with Crippen molar-refractivity contribution in [3.05, 3.63) is 59.2 Å². The molecule has 1 aliphatic rings. The van der Waals surface area contributed by atoms with E-state index in [0.29, 0.717) is 0 Å². The van der Waals surface area contributed by atoms with Crippen LogP contribution in [0.25, 0.3) is 11.1 Å². The fourth-order valence-corrected chi connectivity index (χ4v) is 3.26. The molecule has 0 aromatic heterocycles. The van der Waals surface area contributed by atoms with Crippen LogP contribution in [-0.4, -0.2) is 11.2 Å². The zero-order valence-electron chi connectivity index (χ0n) is 12.8. The van der Waals surface area contributed by atoms with Crippen molar-refractivity contribution in [3.8, 4) is 11.1 Å². The van der Waals surface area contributed by atoms with Crippen LogP contribution < -0.4 is 5.32 Å². The van der Waals surface area contributed by atoms with Gasteiger partial charge in [0.05, 0.1) is 6.04 Å². The number of aryl methyl sites for hydroxylation is 2. The molecule has 3 nitrogen and oxygen atoms in total. The molecule has 1 atom stereocenters. The summed E-state index contributed by atoms with van der Waals surface area (Å²) in [7, 11) is 0. The molecule has 1 unspecified atom stereocenters. The van der Waals surface area contributed by atoms with Crippen LogP contribution in [-0.2, 0) is 12.8 Å². The minimum absolute atomic E-state index is 0.0720. The van der Waals surface area contributed by atoms with Gasteiger partial charge in [0, 0.05) is 0 Å². The summed E-state index contributed by atoms with van der Waals surface area (Å²) < 4.78 is 0. The lowest BCUT2D eigenvalue weighted by molar-refractivity contribution is 0.188. The van der Waals surface area contributed by atoms with Crippen molar-refractivity contribution in [2.75, 3.05) is 0 Å². The second-order valence-corrected chi connectivity index (χ2v) is 5.86. The van der Waals surface area contributed by atoms with Gasteiger partial charge >= 0.3 is 6.09 Å². The summed E-state index contributed by atoms with van der Waals surface area (Å²) in [6, 6.07) is 15.0. The van der Waals surface area contributed by atoms with Crippen LogP contribution in [0.15, 0.2) is 42.5 Å². The largest absolute Gasteiger partial charge is 0.465 e. The predicted octanol–water partition coefficient (Wildman–Crippen LogP) is 4.56. The van der Waals surface area contributed by atoms with Gasteiger partial charge in [-0.3, -0.25) is 0 Å². The number of carboxylic acid groups (broad SMARTS) is 1. The van der Waals surface area contributed by atoms with Crippen LogP contribution >= 0.6 is 0 Å². The maximum atomic E-state index is 10.9. The molecule has 0 radical (unpaired) electrons. The van der Waals surface area contributed by atoms with Crippen molar-refractivity contribution in [1.82, 2.24) is 5.32 Å². The molecule has 22 heavy (non-hydrogen) atoms. The third kappa shape index (κ3) is 2.98. The maximum absolute atomic E-state index is 10.9. The van der Waals surface area contributed by atoms with Gasteiger partial charge in [-0.15, -0.1) is 0 Å². The molecule has 2 N–H and O–H groups in total. The minimum atomic E-state index is -0.947. The Morgan fingerprint density at radius 1 is 1.23 bits per heavy atom. The summed E-state index contributed by atoms with van der Waals surface area (Å²) in [6.45, 7) is 2.16. The Balaban J connectivity index is 1.94. The lowest BCUT2D eigenvalue weighted by Crippen LogP contribution is -2.29. The van der Waals surface area contributed by atoms with Crippen LogP contribution in [0.3, 0.4) is 0 Å². The molecule has 1 amide bonds. The van der Waals surface area contributed by atoms with Crippen LogP contribution in [0, 0.1) is 0 Å². The van der Waals surface area contributed by atoms with Crippen molar-refractivity contribution in [1.29, 1.82) is 0 Å². The van der Waals surface area contributed by atoms with E-state index >= 15 is 0 Å². The molecule has 3 heteroatoms. The summed E-state index contributed by atoms with van der Waals surface area (Å²) >= 11 is 0. The first-order valence-corrected chi connectivity index (χ1v) is 7.89. The van der Waals surface area contributed by atoms with Gasteiger partial charge in [-0.2, -0.15) is 0 Å². The van der Waals surface area contributed by atoms with Crippen LogP contribution in [0.2, 0.25) is 0 Å². The zero-order valence-corrected chi connectivity index (χ0v) is 12.8. The molecule has 1 aliphatic carbocycles. The third-order valence-electron chi connectivity index (χ3n) is 4.42. The zero-order chi connectivity index (χ0) is 15.5. The molecular weight excluding hydrogens is 274 g/mol. The van der Waals surface area contributed by atoms with E-state index in [9.17, 15) is 4.79 Å². The molecule has 0 aliphatic heterocycles. The first-order valence-electron chi connectivity index (χ1n) is 7.89. The van der Waals surface area contributed by atoms with E-state index in [1.165, 1.54) is 22.3 Å². The molecule has 0 heterocycles. The topological polar surface area (TPSA) is 49.3 Å². The van der Waals surface area contributed by atoms with Gasteiger partial charge in [0.15, 0.2) is 0 Å². The molecule has 114 valence electrons. The molecular formula is C19H21NO2. The second kappa shape index (κ2) is 6.22. The first kappa shape index (κ1) is 14.6. The highest BCUT2D eigenvalue weighted by Gasteiger charge is 2.21. The Labute approximate surface area is 131 Å². The molecule has 0 bridgehead atoms. The van der Waals surface area contributed by atoms with Crippen LogP contribution in [0.4, 0.5) is 4.79 Å². The fraction of sp³-hybridized carbons (Fsp3) is 0.316. The van der Waals surface area contributed by atoms with Gasteiger partial charge < -0.3 is 10.4 Å². The highest BCUT2D eigenvalue weighted by atomic mass is 16.4. The van der Waals surface area contributed by atoms with E-state index < -0.39 is 6.09 Å². The monoisotopic (exact) mass is 295 g/mol. The number of hydrogen-bond donors (Lipinski definition) is 2. The van der Waals surface area contributed by atoms with Gasteiger partial charge in [-0.05, 0) is 53.5 Å². The quantitative estimate of drug-likeness (QED) is 0.872. The van der Waals surface area contributed by atoms with Gasteiger partial charge in [0.2, 0.25) is 0 Å². The Kier molecular flexibility index (Phi) is 4.14. The predicted molar refractivity (Wildman–Crippen MR) is 88.1 cm³/mol. The average Bonchev–Trinajstić information content (AvgIpc) is 2.54.